The maximum atomic E-state index is 14.8. The van der Waals surface area contributed by atoms with E-state index in [1.165, 1.54) is 0 Å². The van der Waals surface area contributed by atoms with Crippen LogP contribution in [-0.4, -0.2) is 46.9 Å². The number of piperidine rings is 1. The van der Waals surface area contributed by atoms with Crippen LogP contribution in [0, 0.1) is 0 Å². The minimum absolute atomic E-state index is 0.00156. The van der Waals surface area contributed by atoms with Crippen molar-refractivity contribution in [1.82, 2.24) is 4.90 Å². The highest BCUT2D eigenvalue weighted by Gasteiger charge is 2.55. The van der Waals surface area contributed by atoms with Gasteiger partial charge in [-0.25, -0.2) is 14.0 Å². The molecule has 2 aliphatic heterocycles. The zero-order valence-corrected chi connectivity index (χ0v) is 13.1. The molecule has 1 amide bonds. The lowest BCUT2D eigenvalue weighted by Crippen LogP contribution is -2.55. The van der Waals surface area contributed by atoms with Gasteiger partial charge in [0.2, 0.25) is 5.67 Å². The normalized spacial score (nSPS) is 32.0. The zero-order chi connectivity index (χ0) is 15.8. The molecule has 2 unspecified atom stereocenters. The van der Waals surface area contributed by atoms with Gasteiger partial charge >= 0.3 is 12.1 Å². The molecule has 0 saturated carbocycles. The molecular formula is C15H24FNO4. The maximum absolute atomic E-state index is 14.8. The summed E-state index contributed by atoms with van der Waals surface area (Å²) in [6.07, 6.45) is 0.994. The molecule has 2 saturated heterocycles. The maximum Gasteiger partial charge on any atom is 0.410 e. The van der Waals surface area contributed by atoms with Crippen LogP contribution in [0.2, 0.25) is 0 Å². The largest absolute Gasteiger partial charge is 0.464 e. The van der Waals surface area contributed by atoms with Gasteiger partial charge in [0.25, 0.3) is 0 Å². The predicted molar refractivity (Wildman–Crippen MR) is 74.6 cm³/mol. The number of alkyl halides is 1. The average Bonchev–Trinajstić information content (AvgIpc) is 2.61. The van der Waals surface area contributed by atoms with E-state index in [9.17, 15) is 14.0 Å². The van der Waals surface area contributed by atoms with Crippen molar-refractivity contribution in [3.8, 4) is 0 Å². The molecule has 6 heteroatoms. The van der Waals surface area contributed by atoms with E-state index in [0.717, 1.165) is 0 Å². The van der Waals surface area contributed by atoms with Gasteiger partial charge in [0, 0.05) is 24.9 Å². The summed E-state index contributed by atoms with van der Waals surface area (Å²) in [4.78, 5) is 25.7. The summed E-state index contributed by atoms with van der Waals surface area (Å²) >= 11 is 0. The fraction of sp³-hybridized carbons (Fsp3) is 0.867. The summed E-state index contributed by atoms with van der Waals surface area (Å²) in [6, 6.07) is -0.569. The van der Waals surface area contributed by atoms with Crippen molar-refractivity contribution in [3.63, 3.8) is 0 Å². The Morgan fingerprint density at radius 3 is 2.19 bits per heavy atom. The third-order valence-electron chi connectivity index (χ3n) is 3.98. The number of fused-ring (bicyclic) bond motifs is 2. The van der Waals surface area contributed by atoms with Crippen LogP contribution in [-0.2, 0) is 14.3 Å². The molecule has 2 aliphatic rings. The first-order valence-electron chi connectivity index (χ1n) is 7.54. The van der Waals surface area contributed by atoms with Crippen LogP contribution in [0.4, 0.5) is 9.18 Å². The summed E-state index contributed by atoms with van der Waals surface area (Å²) < 4.78 is 25.0. The van der Waals surface area contributed by atoms with Crippen LogP contribution in [0.3, 0.4) is 0 Å². The molecule has 2 fully saturated rings. The van der Waals surface area contributed by atoms with Gasteiger partial charge in [0.05, 0.1) is 6.61 Å². The lowest BCUT2D eigenvalue weighted by molar-refractivity contribution is -0.162. The van der Waals surface area contributed by atoms with E-state index in [-0.39, 0.29) is 31.5 Å². The highest BCUT2D eigenvalue weighted by Crippen LogP contribution is 2.44. The van der Waals surface area contributed by atoms with E-state index in [4.69, 9.17) is 9.47 Å². The molecule has 2 bridgehead atoms. The van der Waals surface area contributed by atoms with Gasteiger partial charge in [0.1, 0.15) is 5.60 Å². The monoisotopic (exact) mass is 301 g/mol. The number of amides is 1. The molecule has 0 radical (unpaired) electrons. The van der Waals surface area contributed by atoms with Crippen LogP contribution in [0.15, 0.2) is 0 Å². The second-order valence-corrected chi connectivity index (χ2v) is 6.87. The molecular weight excluding hydrogens is 277 g/mol. The number of carbonyl (C=O) groups is 2. The first-order chi connectivity index (χ1) is 9.66. The first-order valence-corrected chi connectivity index (χ1v) is 7.54. The molecule has 2 rings (SSSR count). The molecule has 0 aliphatic carbocycles. The van der Waals surface area contributed by atoms with Crippen molar-refractivity contribution in [1.29, 1.82) is 0 Å². The van der Waals surface area contributed by atoms with Crippen LogP contribution in [0.5, 0.6) is 0 Å². The predicted octanol–water partition coefficient (Wildman–Crippen LogP) is 2.82. The molecule has 2 atom stereocenters. The van der Waals surface area contributed by atoms with Gasteiger partial charge in [0.15, 0.2) is 0 Å². The van der Waals surface area contributed by atoms with E-state index < -0.39 is 23.3 Å². The topological polar surface area (TPSA) is 55.8 Å². The summed E-state index contributed by atoms with van der Waals surface area (Å²) in [6.45, 7) is 7.22. The van der Waals surface area contributed by atoms with E-state index >= 15 is 0 Å². The first kappa shape index (κ1) is 16.0. The van der Waals surface area contributed by atoms with Crippen LogP contribution >= 0.6 is 0 Å². The number of hydrogen-bond acceptors (Lipinski definition) is 4. The number of ether oxygens (including phenoxy) is 2. The Hall–Kier alpha value is -1.33. The molecule has 0 N–H and O–H groups in total. The Kier molecular flexibility index (Phi) is 4.17. The van der Waals surface area contributed by atoms with Crippen LogP contribution < -0.4 is 0 Å². The Bertz CT molecular complexity index is 418. The smallest absolute Gasteiger partial charge is 0.410 e. The van der Waals surface area contributed by atoms with Crippen molar-refractivity contribution in [2.45, 2.75) is 76.7 Å². The number of carbonyl (C=O) groups excluding carboxylic acids is 2. The fourth-order valence-electron chi connectivity index (χ4n) is 3.23. The lowest BCUT2D eigenvalue weighted by atomic mass is 9.88. The van der Waals surface area contributed by atoms with Gasteiger partial charge in [-0.2, -0.15) is 0 Å². The SMILES string of the molecule is CCOC(=O)C1(F)CC2CCC(C1)N2C(=O)OC(C)(C)C. The standard InChI is InChI=1S/C15H24FNO4/c1-5-20-12(18)15(16)8-10-6-7-11(9-15)17(10)13(19)21-14(2,3)4/h10-11H,5-9H2,1-4H3. The Balaban J connectivity index is 2.09. The Morgan fingerprint density at radius 2 is 1.76 bits per heavy atom. The van der Waals surface area contributed by atoms with Crippen molar-refractivity contribution < 1.29 is 23.5 Å². The van der Waals surface area contributed by atoms with Crippen molar-refractivity contribution in [2.75, 3.05) is 6.61 Å². The van der Waals surface area contributed by atoms with Gasteiger partial charge in [-0.15, -0.1) is 0 Å². The quantitative estimate of drug-likeness (QED) is 0.736. The number of rotatable bonds is 2. The third kappa shape index (κ3) is 3.30. The van der Waals surface area contributed by atoms with Gasteiger partial charge in [-0.3, -0.25) is 0 Å². The number of nitrogens with zero attached hydrogens (tertiary/aromatic N) is 1. The van der Waals surface area contributed by atoms with Crippen molar-refractivity contribution in [2.24, 2.45) is 0 Å². The summed E-state index contributed by atoms with van der Waals surface area (Å²) in [7, 11) is 0. The van der Waals surface area contributed by atoms with Gasteiger partial charge in [-0.05, 0) is 40.5 Å². The number of hydrogen-bond donors (Lipinski definition) is 0. The minimum atomic E-state index is -1.97. The van der Waals surface area contributed by atoms with Crippen LogP contribution in [0.25, 0.3) is 0 Å². The lowest BCUT2D eigenvalue weighted by Gasteiger charge is -2.41. The second-order valence-electron chi connectivity index (χ2n) is 6.87. The van der Waals surface area contributed by atoms with E-state index in [2.05, 4.69) is 0 Å². The number of esters is 1. The summed E-state index contributed by atoms with van der Waals surface area (Å²) in [5, 5.41) is 0. The molecule has 0 spiro atoms. The highest BCUT2D eigenvalue weighted by molar-refractivity contribution is 5.80. The number of halogens is 1. The van der Waals surface area contributed by atoms with Crippen LogP contribution in [0.1, 0.15) is 53.4 Å². The van der Waals surface area contributed by atoms with E-state index in [1.807, 2.05) is 0 Å². The molecule has 5 nitrogen and oxygen atoms in total. The molecule has 0 aromatic carbocycles. The second kappa shape index (κ2) is 5.46. The molecule has 0 aromatic rings. The molecule has 120 valence electrons. The van der Waals surface area contributed by atoms with E-state index in [1.54, 1.807) is 32.6 Å². The summed E-state index contributed by atoms with van der Waals surface area (Å²) in [5.74, 6) is -0.800. The minimum Gasteiger partial charge on any atom is -0.464 e. The fourth-order valence-corrected chi connectivity index (χ4v) is 3.23. The third-order valence-corrected chi connectivity index (χ3v) is 3.98. The Morgan fingerprint density at radius 1 is 1.24 bits per heavy atom. The van der Waals surface area contributed by atoms with E-state index in [0.29, 0.717) is 12.8 Å². The average molecular weight is 301 g/mol. The highest BCUT2D eigenvalue weighted by atomic mass is 19.1. The van der Waals surface area contributed by atoms with Crippen molar-refractivity contribution >= 4 is 12.1 Å². The van der Waals surface area contributed by atoms with Gasteiger partial charge in [-0.1, -0.05) is 0 Å². The van der Waals surface area contributed by atoms with Crippen molar-refractivity contribution in [3.05, 3.63) is 0 Å². The van der Waals surface area contributed by atoms with Gasteiger partial charge < -0.3 is 14.4 Å². The molecule has 2 heterocycles. The summed E-state index contributed by atoms with van der Waals surface area (Å²) in [5.41, 5.74) is -2.55. The molecule has 21 heavy (non-hydrogen) atoms. The Labute approximate surface area is 124 Å². The molecule has 0 aromatic heterocycles. The zero-order valence-electron chi connectivity index (χ0n) is 13.1.